The number of benzene rings is 3. The van der Waals surface area contributed by atoms with E-state index < -0.39 is 0 Å². The Morgan fingerprint density at radius 1 is 0.903 bits per heavy atom. The van der Waals surface area contributed by atoms with Crippen LogP contribution < -0.4 is 5.32 Å². The van der Waals surface area contributed by atoms with Crippen LogP contribution in [0.5, 0.6) is 0 Å². The van der Waals surface area contributed by atoms with Gasteiger partial charge in [0.25, 0.3) is 5.91 Å². The summed E-state index contributed by atoms with van der Waals surface area (Å²) >= 11 is 0. The van der Waals surface area contributed by atoms with E-state index in [1.54, 1.807) is 0 Å². The lowest BCUT2D eigenvalue weighted by atomic mass is 9.95. The van der Waals surface area contributed by atoms with Crippen LogP contribution in [-0.2, 0) is 0 Å². The van der Waals surface area contributed by atoms with E-state index in [0.717, 1.165) is 35.3 Å². The van der Waals surface area contributed by atoms with Crippen LogP contribution >= 0.6 is 0 Å². The Hall–Kier alpha value is -3.40. The summed E-state index contributed by atoms with van der Waals surface area (Å²) in [6.45, 7) is 2.07. The van der Waals surface area contributed by atoms with E-state index in [2.05, 4.69) is 54.7 Å². The lowest BCUT2D eigenvalue weighted by Gasteiger charge is -2.22. The zero-order valence-electron chi connectivity index (χ0n) is 17.8. The number of aromatic nitrogens is 2. The van der Waals surface area contributed by atoms with Crippen LogP contribution in [-0.4, -0.2) is 21.7 Å². The van der Waals surface area contributed by atoms with E-state index in [0.29, 0.717) is 5.69 Å². The summed E-state index contributed by atoms with van der Waals surface area (Å²) < 4.78 is 1.90. The van der Waals surface area contributed by atoms with Crippen molar-refractivity contribution in [1.82, 2.24) is 15.1 Å². The normalized spacial score (nSPS) is 14.6. The minimum Gasteiger partial charge on any atom is -0.348 e. The van der Waals surface area contributed by atoms with Gasteiger partial charge in [0.2, 0.25) is 0 Å². The molecule has 0 radical (unpaired) electrons. The maximum absolute atomic E-state index is 13.0. The van der Waals surface area contributed by atoms with Crippen molar-refractivity contribution in [2.24, 2.45) is 0 Å². The van der Waals surface area contributed by atoms with Gasteiger partial charge >= 0.3 is 0 Å². The number of nitrogens with zero attached hydrogens (tertiary/aromatic N) is 2. The molecule has 31 heavy (non-hydrogen) atoms. The molecule has 1 aliphatic carbocycles. The Morgan fingerprint density at radius 3 is 2.52 bits per heavy atom. The van der Waals surface area contributed by atoms with Crippen LogP contribution in [0.4, 0.5) is 0 Å². The van der Waals surface area contributed by atoms with Gasteiger partial charge in [-0.25, -0.2) is 4.68 Å². The fraction of sp³-hybridized carbons (Fsp3) is 0.259. The summed E-state index contributed by atoms with van der Waals surface area (Å²) in [7, 11) is 0. The average Bonchev–Trinajstić information content (AvgIpc) is 3.25. The van der Waals surface area contributed by atoms with Crippen molar-refractivity contribution < 1.29 is 4.79 Å². The van der Waals surface area contributed by atoms with Crippen molar-refractivity contribution >= 4 is 16.7 Å². The maximum Gasteiger partial charge on any atom is 0.272 e. The Balaban J connectivity index is 1.57. The molecule has 4 aromatic rings. The number of carbonyl (C=O) groups is 1. The van der Waals surface area contributed by atoms with Gasteiger partial charge < -0.3 is 5.32 Å². The zero-order valence-corrected chi connectivity index (χ0v) is 17.8. The molecule has 1 aromatic heterocycles. The van der Waals surface area contributed by atoms with Crippen molar-refractivity contribution in [1.29, 1.82) is 0 Å². The lowest BCUT2D eigenvalue weighted by molar-refractivity contribution is 0.0922. The van der Waals surface area contributed by atoms with Crippen molar-refractivity contribution in [3.63, 3.8) is 0 Å². The molecule has 4 heteroatoms. The molecular formula is C27H27N3O. The Kier molecular flexibility index (Phi) is 5.29. The number of rotatable bonds is 4. The molecule has 0 spiro atoms. The predicted octanol–water partition coefficient (Wildman–Crippen LogP) is 6.06. The second-order valence-electron chi connectivity index (χ2n) is 8.54. The molecule has 5 rings (SSSR count). The largest absolute Gasteiger partial charge is 0.348 e. The first kappa shape index (κ1) is 19.6. The highest BCUT2D eigenvalue weighted by atomic mass is 16.2. The highest BCUT2D eigenvalue weighted by molar-refractivity contribution is 5.94. The first-order valence-corrected chi connectivity index (χ1v) is 11.1. The quantitative estimate of drug-likeness (QED) is 0.445. The van der Waals surface area contributed by atoms with Crippen LogP contribution in [0, 0.1) is 6.92 Å². The summed E-state index contributed by atoms with van der Waals surface area (Å²) in [6.07, 6.45) is 5.75. The van der Waals surface area contributed by atoms with Crippen LogP contribution in [0.25, 0.3) is 27.7 Å². The van der Waals surface area contributed by atoms with Gasteiger partial charge in [0.1, 0.15) is 0 Å². The molecule has 1 amide bonds. The van der Waals surface area contributed by atoms with Crippen molar-refractivity contribution in [2.45, 2.75) is 45.1 Å². The molecule has 1 saturated carbocycles. The van der Waals surface area contributed by atoms with Crippen molar-refractivity contribution in [2.75, 3.05) is 0 Å². The van der Waals surface area contributed by atoms with Gasteiger partial charge in [-0.15, -0.1) is 0 Å². The minimum absolute atomic E-state index is 0.0830. The summed E-state index contributed by atoms with van der Waals surface area (Å²) in [4.78, 5) is 13.0. The second kappa shape index (κ2) is 8.38. The molecular weight excluding hydrogens is 382 g/mol. The Bertz CT molecular complexity index is 1230. The fourth-order valence-corrected chi connectivity index (χ4v) is 4.51. The average molecular weight is 410 g/mol. The monoisotopic (exact) mass is 409 g/mol. The number of amides is 1. The molecule has 1 fully saturated rings. The number of carbonyl (C=O) groups excluding carboxylic acids is 1. The highest BCUT2D eigenvalue weighted by Crippen LogP contribution is 2.28. The SMILES string of the molecule is Cc1cccc(-n2nc(C(=O)NC3CCCCC3)cc2-c2ccc3ccccc3c2)c1. The summed E-state index contributed by atoms with van der Waals surface area (Å²) in [5.74, 6) is -0.0830. The van der Waals surface area contributed by atoms with E-state index in [-0.39, 0.29) is 11.9 Å². The smallest absolute Gasteiger partial charge is 0.272 e. The molecule has 1 aliphatic rings. The molecule has 1 heterocycles. The minimum atomic E-state index is -0.0830. The van der Waals surface area contributed by atoms with Crippen LogP contribution in [0.15, 0.2) is 72.8 Å². The zero-order chi connectivity index (χ0) is 21.2. The van der Waals surface area contributed by atoms with Gasteiger partial charge in [0.05, 0.1) is 11.4 Å². The Morgan fingerprint density at radius 2 is 1.71 bits per heavy atom. The number of hydrogen-bond donors (Lipinski definition) is 1. The van der Waals surface area contributed by atoms with Gasteiger partial charge in [0, 0.05) is 11.6 Å². The van der Waals surface area contributed by atoms with Gasteiger partial charge in [-0.05, 0) is 60.4 Å². The third kappa shape index (κ3) is 4.11. The molecule has 0 aliphatic heterocycles. The lowest BCUT2D eigenvalue weighted by Crippen LogP contribution is -2.36. The number of nitrogens with one attached hydrogen (secondary N) is 1. The van der Waals surface area contributed by atoms with E-state index in [9.17, 15) is 4.79 Å². The molecule has 4 nitrogen and oxygen atoms in total. The van der Waals surface area contributed by atoms with Crippen LogP contribution in [0.1, 0.15) is 48.2 Å². The van der Waals surface area contributed by atoms with Gasteiger partial charge in [-0.1, -0.05) is 67.8 Å². The van der Waals surface area contributed by atoms with E-state index in [1.807, 2.05) is 35.0 Å². The summed E-state index contributed by atoms with van der Waals surface area (Å²) in [6, 6.07) is 25.1. The molecule has 3 aromatic carbocycles. The third-order valence-electron chi connectivity index (χ3n) is 6.17. The first-order valence-electron chi connectivity index (χ1n) is 11.1. The third-order valence-corrected chi connectivity index (χ3v) is 6.17. The standard InChI is InChI=1S/C27H27N3O/c1-19-8-7-13-24(16-19)30-26(22-15-14-20-9-5-6-10-21(20)17-22)18-25(29-30)27(31)28-23-11-3-2-4-12-23/h5-10,13-18,23H,2-4,11-12H2,1H3,(H,28,31). The van der Waals surface area contributed by atoms with Crippen LogP contribution in [0.2, 0.25) is 0 Å². The highest BCUT2D eigenvalue weighted by Gasteiger charge is 2.21. The summed E-state index contributed by atoms with van der Waals surface area (Å²) in [5, 5.41) is 10.3. The van der Waals surface area contributed by atoms with Crippen LogP contribution in [0.3, 0.4) is 0 Å². The molecule has 156 valence electrons. The Labute approximate surface area is 182 Å². The summed E-state index contributed by atoms with van der Waals surface area (Å²) in [5.41, 5.74) is 4.55. The first-order chi connectivity index (χ1) is 15.2. The van der Waals surface area contributed by atoms with Gasteiger partial charge in [-0.2, -0.15) is 5.10 Å². The van der Waals surface area contributed by atoms with E-state index in [1.165, 1.54) is 30.0 Å². The maximum atomic E-state index is 13.0. The number of aryl methyl sites for hydroxylation is 1. The predicted molar refractivity (Wildman–Crippen MR) is 126 cm³/mol. The van der Waals surface area contributed by atoms with E-state index in [4.69, 9.17) is 5.10 Å². The topological polar surface area (TPSA) is 46.9 Å². The molecule has 0 atom stereocenters. The van der Waals surface area contributed by atoms with Crippen molar-refractivity contribution in [3.05, 3.63) is 84.1 Å². The van der Waals surface area contributed by atoms with Gasteiger partial charge in [0.15, 0.2) is 5.69 Å². The molecule has 0 saturated heterocycles. The second-order valence-corrected chi connectivity index (χ2v) is 8.54. The van der Waals surface area contributed by atoms with Gasteiger partial charge in [-0.3, -0.25) is 4.79 Å². The number of fused-ring (bicyclic) bond motifs is 1. The fourth-order valence-electron chi connectivity index (χ4n) is 4.51. The number of hydrogen-bond acceptors (Lipinski definition) is 2. The molecule has 0 bridgehead atoms. The van der Waals surface area contributed by atoms with E-state index >= 15 is 0 Å². The van der Waals surface area contributed by atoms with Crippen molar-refractivity contribution in [3.8, 4) is 16.9 Å². The molecule has 1 N–H and O–H groups in total. The molecule has 0 unspecified atom stereocenters.